The quantitative estimate of drug-likeness (QED) is 0.702. The first kappa shape index (κ1) is 10.6. The van der Waals surface area contributed by atoms with Crippen molar-refractivity contribution in [2.75, 3.05) is 6.54 Å². The number of aryl methyl sites for hydroxylation is 1. The zero-order valence-electron chi connectivity index (χ0n) is 8.32. The Bertz CT molecular complexity index is 326. The minimum absolute atomic E-state index is 0.0437. The Morgan fingerprint density at radius 1 is 1.71 bits per heavy atom. The molecule has 0 saturated heterocycles. The Balaban J connectivity index is 2.70. The molecule has 0 aliphatic rings. The van der Waals surface area contributed by atoms with E-state index < -0.39 is 0 Å². The molecule has 0 bridgehead atoms. The highest BCUT2D eigenvalue weighted by Gasteiger charge is 2.09. The molecule has 3 N–H and O–H groups in total. The van der Waals surface area contributed by atoms with Gasteiger partial charge in [0.05, 0.1) is 0 Å². The lowest BCUT2D eigenvalue weighted by Gasteiger charge is -2.10. The average Bonchev–Trinajstić information content (AvgIpc) is 2.17. The summed E-state index contributed by atoms with van der Waals surface area (Å²) in [6, 6.07) is 1.53. The lowest BCUT2D eigenvalue weighted by atomic mass is 10.3. The SMILES string of the molecule is Cc1nccc(C(=O)N[C@H](C)CN)n1. The molecule has 0 saturated carbocycles. The molecule has 76 valence electrons. The minimum Gasteiger partial charge on any atom is -0.347 e. The Labute approximate surface area is 82.7 Å². The van der Waals surface area contributed by atoms with Crippen LogP contribution in [0, 0.1) is 6.92 Å². The van der Waals surface area contributed by atoms with Crippen molar-refractivity contribution in [3.05, 3.63) is 23.8 Å². The number of nitrogens with two attached hydrogens (primary N) is 1. The lowest BCUT2D eigenvalue weighted by Crippen LogP contribution is -2.38. The predicted molar refractivity (Wildman–Crippen MR) is 52.8 cm³/mol. The molecule has 1 amide bonds. The van der Waals surface area contributed by atoms with E-state index >= 15 is 0 Å². The summed E-state index contributed by atoms with van der Waals surface area (Å²) < 4.78 is 0. The molecule has 14 heavy (non-hydrogen) atoms. The van der Waals surface area contributed by atoms with E-state index in [9.17, 15) is 4.79 Å². The van der Waals surface area contributed by atoms with Crippen LogP contribution in [-0.2, 0) is 0 Å². The summed E-state index contributed by atoms with van der Waals surface area (Å²) in [5, 5.41) is 2.72. The molecule has 1 aromatic heterocycles. The molecule has 1 rings (SSSR count). The van der Waals surface area contributed by atoms with Gasteiger partial charge >= 0.3 is 0 Å². The third-order valence-electron chi connectivity index (χ3n) is 1.74. The van der Waals surface area contributed by atoms with Gasteiger partial charge in [0.2, 0.25) is 0 Å². The smallest absolute Gasteiger partial charge is 0.270 e. The van der Waals surface area contributed by atoms with E-state index in [-0.39, 0.29) is 11.9 Å². The van der Waals surface area contributed by atoms with Gasteiger partial charge in [-0.1, -0.05) is 0 Å². The van der Waals surface area contributed by atoms with E-state index in [4.69, 9.17) is 5.73 Å². The van der Waals surface area contributed by atoms with E-state index in [1.165, 1.54) is 0 Å². The summed E-state index contributed by atoms with van der Waals surface area (Å²) in [6.45, 7) is 3.99. The van der Waals surface area contributed by atoms with Crippen LogP contribution in [0.1, 0.15) is 23.2 Å². The average molecular weight is 194 g/mol. The van der Waals surface area contributed by atoms with Crippen molar-refractivity contribution >= 4 is 5.91 Å². The highest BCUT2D eigenvalue weighted by atomic mass is 16.1. The highest BCUT2D eigenvalue weighted by molar-refractivity contribution is 5.92. The molecule has 0 aliphatic heterocycles. The van der Waals surface area contributed by atoms with Crippen molar-refractivity contribution in [1.82, 2.24) is 15.3 Å². The maximum absolute atomic E-state index is 11.5. The topological polar surface area (TPSA) is 80.9 Å². The summed E-state index contributed by atoms with van der Waals surface area (Å²) >= 11 is 0. The summed E-state index contributed by atoms with van der Waals surface area (Å²) in [6.07, 6.45) is 1.56. The van der Waals surface area contributed by atoms with Crippen LogP contribution < -0.4 is 11.1 Å². The minimum atomic E-state index is -0.214. The molecule has 5 heteroatoms. The van der Waals surface area contributed by atoms with E-state index in [0.29, 0.717) is 18.1 Å². The van der Waals surface area contributed by atoms with Gasteiger partial charge in [-0.3, -0.25) is 4.79 Å². The van der Waals surface area contributed by atoms with E-state index in [1.54, 1.807) is 19.2 Å². The molecule has 0 fully saturated rings. The van der Waals surface area contributed by atoms with Crippen LogP contribution in [0.5, 0.6) is 0 Å². The van der Waals surface area contributed by atoms with Crippen molar-refractivity contribution < 1.29 is 4.79 Å². The van der Waals surface area contributed by atoms with Crippen LogP contribution in [0.15, 0.2) is 12.3 Å². The molecule has 1 heterocycles. The second kappa shape index (κ2) is 4.66. The van der Waals surface area contributed by atoms with Gasteiger partial charge in [0, 0.05) is 18.8 Å². The van der Waals surface area contributed by atoms with Crippen molar-refractivity contribution in [2.24, 2.45) is 5.73 Å². The van der Waals surface area contributed by atoms with Crippen molar-refractivity contribution in [2.45, 2.75) is 19.9 Å². The van der Waals surface area contributed by atoms with Gasteiger partial charge in [-0.25, -0.2) is 9.97 Å². The van der Waals surface area contributed by atoms with Gasteiger partial charge in [0.15, 0.2) is 0 Å². The van der Waals surface area contributed by atoms with Crippen LogP contribution in [0.25, 0.3) is 0 Å². The van der Waals surface area contributed by atoms with E-state index in [2.05, 4.69) is 15.3 Å². The lowest BCUT2D eigenvalue weighted by molar-refractivity contribution is 0.0936. The fraction of sp³-hybridized carbons (Fsp3) is 0.444. The second-order valence-electron chi connectivity index (χ2n) is 3.10. The molecule has 0 radical (unpaired) electrons. The fourth-order valence-electron chi connectivity index (χ4n) is 0.939. The number of amides is 1. The Kier molecular flexibility index (Phi) is 3.53. The number of hydrogen-bond donors (Lipinski definition) is 2. The van der Waals surface area contributed by atoms with Crippen LogP contribution in [0.2, 0.25) is 0 Å². The molecule has 0 aromatic carbocycles. The molecule has 0 aliphatic carbocycles. The number of carbonyl (C=O) groups is 1. The van der Waals surface area contributed by atoms with Crippen LogP contribution in [0.3, 0.4) is 0 Å². The van der Waals surface area contributed by atoms with Crippen molar-refractivity contribution in [3.8, 4) is 0 Å². The maximum Gasteiger partial charge on any atom is 0.270 e. The van der Waals surface area contributed by atoms with E-state index in [1.807, 2.05) is 6.92 Å². The van der Waals surface area contributed by atoms with Gasteiger partial charge in [0.25, 0.3) is 5.91 Å². The van der Waals surface area contributed by atoms with Gasteiger partial charge < -0.3 is 11.1 Å². The molecule has 1 aromatic rings. The normalized spacial score (nSPS) is 12.2. The molecule has 1 atom stereocenters. The second-order valence-corrected chi connectivity index (χ2v) is 3.10. The number of hydrogen-bond acceptors (Lipinski definition) is 4. The van der Waals surface area contributed by atoms with E-state index in [0.717, 1.165) is 0 Å². The first-order valence-corrected chi connectivity index (χ1v) is 4.44. The van der Waals surface area contributed by atoms with Crippen LogP contribution in [0.4, 0.5) is 0 Å². The zero-order chi connectivity index (χ0) is 10.6. The molecule has 0 unspecified atom stereocenters. The maximum atomic E-state index is 11.5. The number of aromatic nitrogens is 2. The van der Waals surface area contributed by atoms with Crippen molar-refractivity contribution in [3.63, 3.8) is 0 Å². The van der Waals surface area contributed by atoms with Crippen LogP contribution in [-0.4, -0.2) is 28.5 Å². The van der Waals surface area contributed by atoms with Gasteiger partial charge in [-0.2, -0.15) is 0 Å². The molecular formula is C9H14N4O. The van der Waals surface area contributed by atoms with Gasteiger partial charge in [-0.15, -0.1) is 0 Å². The van der Waals surface area contributed by atoms with Gasteiger partial charge in [0.1, 0.15) is 11.5 Å². The summed E-state index contributed by atoms with van der Waals surface area (Å²) in [4.78, 5) is 19.4. The number of rotatable bonds is 3. The van der Waals surface area contributed by atoms with Crippen LogP contribution >= 0.6 is 0 Å². The number of carbonyl (C=O) groups excluding carboxylic acids is 1. The molecule has 0 spiro atoms. The summed E-state index contributed by atoms with van der Waals surface area (Å²) in [5.41, 5.74) is 5.75. The molecular weight excluding hydrogens is 180 g/mol. The zero-order valence-corrected chi connectivity index (χ0v) is 8.32. The first-order valence-electron chi connectivity index (χ1n) is 4.44. The van der Waals surface area contributed by atoms with Gasteiger partial charge in [-0.05, 0) is 19.9 Å². The Morgan fingerprint density at radius 3 is 3.00 bits per heavy atom. The Hall–Kier alpha value is -1.49. The number of nitrogens with zero attached hydrogens (tertiary/aromatic N) is 2. The summed E-state index contributed by atoms with van der Waals surface area (Å²) in [5.74, 6) is 0.367. The third-order valence-corrected chi connectivity index (χ3v) is 1.74. The fourth-order valence-corrected chi connectivity index (χ4v) is 0.939. The highest BCUT2D eigenvalue weighted by Crippen LogP contribution is 1.95. The molecule has 5 nitrogen and oxygen atoms in total. The predicted octanol–water partition coefficient (Wildman–Crippen LogP) is -0.138. The summed E-state index contributed by atoms with van der Waals surface area (Å²) in [7, 11) is 0. The standard InChI is InChI=1S/C9H14N4O/c1-6(5-10)12-9(14)8-3-4-11-7(2)13-8/h3-4,6H,5,10H2,1-2H3,(H,12,14)/t6-/m1/s1. The van der Waals surface area contributed by atoms with Crippen molar-refractivity contribution in [1.29, 1.82) is 0 Å². The Morgan fingerprint density at radius 2 is 2.43 bits per heavy atom. The largest absolute Gasteiger partial charge is 0.347 e. The first-order chi connectivity index (χ1) is 6.63. The monoisotopic (exact) mass is 194 g/mol. The third kappa shape index (κ3) is 2.77. The number of nitrogens with one attached hydrogen (secondary N) is 1.